The number of carboxylic acid groups (broad SMARTS) is 2. The summed E-state index contributed by atoms with van der Waals surface area (Å²) in [4.78, 5) is 49.6. The number of aromatic nitrogens is 3. The van der Waals surface area contributed by atoms with Crippen LogP contribution in [0, 0.1) is 12.8 Å². The molecule has 0 saturated carbocycles. The van der Waals surface area contributed by atoms with Crippen LogP contribution < -0.4 is 14.4 Å². The molecule has 5 rings (SSSR count). The zero-order chi connectivity index (χ0) is 29.4. The first-order valence-corrected chi connectivity index (χ1v) is 13.5. The highest BCUT2D eigenvalue weighted by Gasteiger charge is 2.34. The van der Waals surface area contributed by atoms with E-state index >= 15 is 0 Å². The summed E-state index contributed by atoms with van der Waals surface area (Å²) in [5.74, 6) is -0.917. The zero-order valence-corrected chi connectivity index (χ0v) is 23.2. The normalized spacial score (nSPS) is 18.8. The van der Waals surface area contributed by atoms with Gasteiger partial charge >= 0.3 is 11.9 Å². The van der Waals surface area contributed by atoms with Crippen LogP contribution in [0.2, 0.25) is 0 Å². The number of ether oxygens (including phenoxy) is 3. The molecule has 0 aromatic carbocycles. The van der Waals surface area contributed by atoms with Gasteiger partial charge in [-0.1, -0.05) is 0 Å². The van der Waals surface area contributed by atoms with Gasteiger partial charge in [0.2, 0.25) is 17.7 Å². The quantitative estimate of drug-likeness (QED) is 0.466. The molecule has 2 saturated heterocycles. The number of amides is 1. The first kappa shape index (κ1) is 29.7. The van der Waals surface area contributed by atoms with Crippen LogP contribution in [0.25, 0.3) is 0 Å². The van der Waals surface area contributed by atoms with E-state index in [-0.39, 0.29) is 17.9 Å². The number of carboxylic acids is 2. The van der Waals surface area contributed by atoms with Crippen LogP contribution in [0.1, 0.15) is 36.1 Å². The van der Waals surface area contributed by atoms with Crippen molar-refractivity contribution in [2.24, 2.45) is 5.92 Å². The molecule has 220 valence electrons. The minimum Gasteiger partial charge on any atom is -0.481 e. The summed E-state index contributed by atoms with van der Waals surface area (Å²) in [6, 6.07) is 2.10. The third-order valence-corrected chi connectivity index (χ3v) is 7.21. The third kappa shape index (κ3) is 7.91. The Balaban J connectivity index is 0.000000426. The van der Waals surface area contributed by atoms with Gasteiger partial charge in [-0.15, -0.1) is 0 Å². The van der Waals surface area contributed by atoms with E-state index in [9.17, 15) is 14.4 Å². The number of hydrogen-bond acceptors (Lipinski definition) is 10. The van der Waals surface area contributed by atoms with Crippen LogP contribution in [0.15, 0.2) is 30.7 Å². The molecule has 1 atom stereocenters. The molecular formula is C28H35N5O8. The van der Waals surface area contributed by atoms with Gasteiger partial charge in [0, 0.05) is 62.8 Å². The number of pyridine rings is 1. The molecule has 0 bridgehead atoms. The Kier molecular flexibility index (Phi) is 10.1. The largest absolute Gasteiger partial charge is 0.481 e. The van der Waals surface area contributed by atoms with Gasteiger partial charge in [0.15, 0.2) is 0 Å². The van der Waals surface area contributed by atoms with Crippen molar-refractivity contribution >= 4 is 23.5 Å². The molecule has 1 amide bonds. The molecule has 3 aliphatic heterocycles. The molecule has 3 aliphatic rings. The van der Waals surface area contributed by atoms with Crippen LogP contribution in [-0.4, -0.2) is 94.0 Å². The van der Waals surface area contributed by atoms with Crippen molar-refractivity contribution in [2.45, 2.75) is 45.3 Å². The Morgan fingerprint density at radius 1 is 1.02 bits per heavy atom. The van der Waals surface area contributed by atoms with Gasteiger partial charge in [0.1, 0.15) is 12.4 Å². The van der Waals surface area contributed by atoms with E-state index in [4.69, 9.17) is 24.4 Å². The minimum atomic E-state index is -1.26. The number of nitrogens with zero attached hydrogens (tertiary/aromatic N) is 5. The number of methoxy groups -OCH3 is 1. The predicted molar refractivity (Wildman–Crippen MR) is 146 cm³/mol. The number of hydrogen-bond donors (Lipinski definition) is 2. The SMILES string of the molecule is COc1ncc(N2CCc3ncnc(O[C@H]4CCN(C(=O)C5CCOCC5)C4)c3C2)cc1C.O=C(O)C=CC(=O)O. The van der Waals surface area contributed by atoms with Crippen LogP contribution in [0.3, 0.4) is 0 Å². The molecule has 2 aromatic heterocycles. The van der Waals surface area contributed by atoms with E-state index in [2.05, 4.69) is 25.9 Å². The van der Waals surface area contributed by atoms with Crippen molar-refractivity contribution in [1.29, 1.82) is 0 Å². The van der Waals surface area contributed by atoms with Gasteiger partial charge in [0.25, 0.3) is 0 Å². The second-order valence-corrected chi connectivity index (χ2v) is 10.0. The molecule has 13 heteroatoms. The van der Waals surface area contributed by atoms with E-state index < -0.39 is 11.9 Å². The van der Waals surface area contributed by atoms with E-state index in [1.54, 1.807) is 13.4 Å². The molecule has 0 spiro atoms. The van der Waals surface area contributed by atoms with Gasteiger partial charge in [0.05, 0.1) is 43.3 Å². The monoisotopic (exact) mass is 569 g/mol. The van der Waals surface area contributed by atoms with Crippen molar-refractivity contribution in [3.05, 3.63) is 47.6 Å². The molecule has 41 heavy (non-hydrogen) atoms. The maximum absolute atomic E-state index is 12.9. The van der Waals surface area contributed by atoms with E-state index in [0.29, 0.717) is 50.2 Å². The van der Waals surface area contributed by atoms with Crippen LogP contribution in [0.4, 0.5) is 5.69 Å². The van der Waals surface area contributed by atoms with Crippen LogP contribution in [0.5, 0.6) is 11.8 Å². The molecule has 2 fully saturated rings. The summed E-state index contributed by atoms with van der Waals surface area (Å²) in [7, 11) is 1.63. The lowest BCUT2D eigenvalue weighted by atomic mass is 9.99. The summed E-state index contributed by atoms with van der Waals surface area (Å²) in [6.45, 7) is 6.22. The van der Waals surface area contributed by atoms with Crippen molar-refractivity contribution in [2.75, 3.05) is 44.9 Å². The van der Waals surface area contributed by atoms with Gasteiger partial charge in [-0.25, -0.2) is 24.5 Å². The predicted octanol–water partition coefficient (Wildman–Crippen LogP) is 1.87. The number of carbonyl (C=O) groups excluding carboxylic acids is 1. The number of rotatable bonds is 7. The summed E-state index contributed by atoms with van der Waals surface area (Å²) in [5.41, 5.74) is 4.10. The first-order valence-electron chi connectivity index (χ1n) is 13.5. The molecule has 2 N–H and O–H groups in total. The molecule has 0 unspecified atom stereocenters. The van der Waals surface area contributed by atoms with Crippen molar-refractivity contribution in [1.82, 2.24) is 19.9 Å². The Morgan fingerprint density at radius 3 is 2.41 bits per heavy atom. The summed E-state index contributed by atoms with van der Waals surface area (Å²) in [5, 5.41) is 15.6. The minimum absolute atomic E-state index is 0.0481. The number of fused-ring (bicyclic) bond motifs is 1. The lowest BCUT2D eigenvalue weighted by molar-refractivity contribution is -0.137. The van der Waals surface area contributed by atoms with Crippen molar-refractivity contribution < 1.29 is 38.8 Å². The molecule has 0 aliphatic carbocycles. The Morgan fingerprint density at radius 2 is 1.76 bits per heavy atom. The summed E-state index contributed by atoms with van der Waals surface area (Å²) < 4.78 is 17.1. The van der Waals surface area contributed by atoms with Gasteiger partial charge in [-0.05, 0) is 25.8 Å². The Hall–Kier alpha value is -4.26. The molecule has 5 heterocycles. The molecule has 0 radical (unpaired) electrons. The van der Waals surface area contributed by atoms with Gasteiger partial charge in [-0.3, -0.25) is 4.79 Å². The fourth-order valence-electron chi connectivity index (χ4n) is 5.10. The number of aryl methyl sites for hydroxylation is 1. The topological polar surface area (TPSA) is 165 Å². The lowest BCUT2D eigenvalue weighted by Gasteiger charge is -2.31. The average molecular weight is 570 g/mol. The Bertz CT molecular complexity index is 1260. The van der Waals surface area contributed by atoms with Gasteiger partial charge in [-0.2, -0.15) is 0 Å². The maximum Gasteiger partial charge on any atom is 0.328 e. The number of anilines is 1. The standard InChI is InChI=1S/C24H31N5O4.C4H4O4/c1-16-11-18(12-25-22(16)31-2)28-8-4-21-20(14-28)23(27-15-26-21)33-19-3-7-29(13-19)24(30)17-5-9-32-10-6-17;5-3(6)1-2-4(7)8/h11-12,15,17,19H,3-10,13-14H2,1-2H3;1-2H,(H,5,6)(H,7,8)/t19-;/m0./s1. The van der Waals surface area contributed by atoms with Crippen LogP contribution >= 0.6 is 0 Å². The molecule has 13 nitrogen and oxygen atoms in total. The number of aliphatic carboxylic acids is 2. The maximum atomic E-state index is 12.9. The third-order valence-electron chi connectivity index (χ3n) is 7.21. The number of carbonyl (C=O) groups is 3. The van der Waals surface area contributed by atoms with E-state index in [1.807, 2.05) is 18.0 Å². The zero-order valence-electron chi connectivity index (χ0n) is 23.2. The Labute approximate surface area is 237 Å². The average Bonchev–Trinajstić information content (AvgIpc) is 3.45. The fraction of sp³-hybridized carbons (Fsp3) is 0.500. The smallest absolute Gasteiger partial charge is 0.328 e. The summed E-state index contributed by atoms with van der Waals surface area (Å²) >= 11 is 0. The highest BCUT2D eigenvalue weighted by Crippen LogP contribution is 2.31. The summed E-state index contributed by atoms with van der Waals surface area (Å²) in [6.07, 6.45) is 7.77. The highest BCUT2D eigenvalue weighted by molar-refractivity contribution is 5.89. The molecular weight excluding hydrogens is 534 g/mol. The highest BCUT2D eigenvalue weighted by atomic mass is 16.5. The van der Waals surface area contributed by atoms with Crippen LogP contribution in [-0.2, 0) is 32.1 Å². The van der Waals surface area contributed by atoms with Crippen molar-refractivity contribution in [3.8, 4) is 11.8 Å². The fourth-order valence-corrected chi connectivity index (χ4v) is 5.10. The molecule has 2 aromatic rings. The van der Waals surface area contributed by atoms with E-state index in [0.717, 1.165) is 61.3 Å². The second-order valence-electron chi connectivity index (χ2n) is 10.0. The number of likely N-dealkylation sites (tertiary alicyclic amines) is 1. The van der Waals surface area contributed by atoms with Gasteiger partial charge < -0.3 is 34.2 Å². The second kappa shape index (κ2) is 13.9. The lowest BCUT2D eigenvalue weighted by Crippen LogP contribution is -2.38. The van der Waals surface area contributed by atoms with Crippen molar-refractivity contribution in [3.63, 3.8) is 0 Å². The van der Waals surface area contributed by atoms with E-state index in [1.165, 1.54) is 0 Å². The first-order chi connectivity index (χ1) is 19.7.